The maximum atomic E-state index is 12.2. The Morgan fingerprint density at radius 1 is 1.35 bits per heavy atom. The van der Waals surface area contributed by atoms with Crippen molar-refractivity contribution in [2.45, 2.75) is 32.6 Å². The number of amides is 1. The predicted molar refractivity (Wildman–Crippen MR) is 74.1 cm³/mol. The summed E-state index contributed by atoms with van der Waals surface area (Å²) in [5.41, 5.74) is 0.102. The van der Waals surface area contributed by atoms with Crippen molar-refractivity contribution in [1.29, 1.82) is 0 Å². The molecule has 0 saturated carbocycles. The normalized spacial score (nSPS) is 17.8. The third-order valence-corrected chi connectivity index (χ3v) is 4.26. The number of carbonyl (C=O) groups is 2. The molecule has 0 unspecified atom stereocenters. The summed E-state index contributed by atoms with van der Waals surface area (Å²) in [7, 11) is 0. The second kappa shape index (κ2) is 6.03. The van der Waals surface area contributed by atoms with E-state index in [4.69, 9.17) is 0 Å². The van der Waals surface area contributed by atoms with Crippen molar-refractivity contribution in [3.8, 4) is 0 Å². The molecule has 0 spiro atoms. The van der Waals surface area contributed by atoms with Gasteiger partial charge in [0.1, 0.15) is 0 Å². The Morgan fingerprint density at radius 3 is 2.55 bits per heavy atom. The van der Waals surface area contributed by atoms with Crippen LogP contribution in [0.3, 0.4) is 0 Å². The first-order valence-corrected chi connectivity index (χ1v) is 6.98. The molecule has 1 aliphatic heterocycles. The number of piperidine rings is 1. The van der Waals surface area contributed by atoms with Crippen molar-refractivity contribution in [2.75, 3.05) is 13.1 Å². The molecular formula is C15H20N2O3. The highest BCUT2D eigenvalue weighted by atomic mass is 16.4. The second-order valence-corrected chi connectivity index (χ2v) is 5.32. The van der Waals surface area contributed by atoms with Gasteiger partial charge in [-0.05, 0) is 31.4 Å². The van der Waals surface area contributed by atoms with Crippen LogP contribution in [0.2, 0.25) is 0 Å². The van der Waals surface area contributed by atoms with Crippen LogP contribution in [0.4, 0.5) is 0 Å². The first-order chi connectivity index (χ1) is 9.57. The second-order valence-electron chi connectivity index (χ2n) is 5.32. The molecule has 5 heteroatoms. The third kappa shape index (κ3) is 2.98. The van der Waals surface area contributed by atoms with Gasteiger partial charge in [-0.25, -0.2) is 0 Å². The molecule has 0 aromatic carbocycles. The molecule has 20 heavy (non-hydrogen) atoms. The first-order valence-electron chi connectivity index (χ1n) is 6.98. The quantitative estimate of drug-likeness (QED) is 0.909. The van der Waals surface area contributed by atoms with Crippen LogP contribution in [0, 0.1) is 5.41 Å². The molecule has 1 fully saturated rings. The number of carbonyl (C=O) groups excluding carboxylic acids is 1. The van der Waals surface area contributed by atoms with Gasteiger partial charge in [0.2, 0.25) is 5.91 Å². The maximum absolute atomic E-state index is 12.2. The highest BCUT2D eigenvalue weighted by Gasteiger charge is 2.40. The Kier molecular flexibility index (Phi) is 4.37. The Morgan fingerprint density at radius 2 is 2.05 bits per heavy atom. The zero-order chi connectivity index (χ0) is 14.6. The summed E-state index contributed by atoms with van der Waals surface area (Å²) in [6.07, 6.45) is 3.64. The minimum atomic E-state index is -0.739. The lowest BCUT2D eigenvalue weighted by atomic mass is 9.76. The Bertz CT molecular complexity index is 479. The molecule has 108 valence electrons. The molecule has 2 rings (SSSR count). The van der Waals surface area contributed by atoms with E-state index in [1.165, 1.54) is 0 Å². The average molecular weight is 276 g/mol. The van der Waals surface area contributed by atoms with Gasteiger partial charge >= 0.3 is 5.97 Å². The van der Waals surface area contributed by atoms with Gasteiger partial charge in [-0.2, -0.15) is 0 Å². The summed E-state index contributed by atoms with van der Waals surface area (Å²) in [5, 5.41) is 9.34. The fourth-order valence-electron chi connectivity index (χ4n) is 2.67. The third-order valence-electron chi connectivity index (χ3n) is 4.26. The number of rotatable bonds is 4. The smallest absolute Gasteiger partial charge is 0.309 e. The Hall–Kier alpha value is -1.91. The van der Waals surface area contributed by atoms with Gasteiger partial charge in [-0.15, -0.1) is 0 Å². The molecule has 5 nitrogen and oxygen atoms in total. The number of hydrogen-bond donors (Lipinski definition) is 1. The monoisotopic (exact) mass is 276 g/mol. The highest BCUT2D eigenvalue weighted by Crippen LogP contribution is 2.35. The number of hydrogen-bond acceptors (Lipinski definition) is 3. The van der Waals surface area contributed by atoms with E-state index in [9.17, 15) is 14.7 Å². The predicted octanol–water partition coefficient (Wildman–Crippen LogP) is 1.73. The number of carboxylic acids is 1. The summed E-state index contributed by atoms with van der Waals surface area (Å²) in [4.78, 5) is 29.4. The van der Waals surface area contributed by atoms with E-state index in [1.54, 1.807) is 11.1 Å². The molecule has 0 radical (unpaired) electrons. The van der Waals surface area contributed by atoms with Crippen LogP contribution < -0.4 is 0 Å². The topological polar surface area (TPSA) is 70.5 Å². The van der Waals surface area contributed by atoms with Gasteiger partial charge in [-0.1, -0.05) is 13.0 Å². The van der Waals surface area contributed by atoms with Crippen LogP contribution in [-0.4, -0.2) is 40.0 Å². The molecule has 1 aromatic rings. The number of pyridine rings is 1. The van der Waals surface area contributed by atoms with E-state index in [0.29, 0.717) is 32.4 Å². The summed E-state index contributed by atoms with van der Waals surface area (Å²) in [5.74, 6) is -0.712. The van der Waals surface area contributed by atoms with Crippen molar-refractivity contribution >= 4 is 11.9 Å². The molecule has 0 atom stereocenters. The summed E-state index contributed by atoms with van der Waals surface area (Å²) < 4.78 is 0. The van der Waals surface area contributed by atoms with E-state index in [-0.39, 0.29) is 12.3 Å². The van der Waals surface area contributed by atoms with Crippen LogP contribution in [0.25, 0.3) is 0 Å². The SMILES string of the molecule is CCC1(C(=O)O)CCN(C(=O)Cc2ccccn2)CC1. The Balaban J connectivity index is 1.94. The van der Waals surface area contributed by atoms with Gasteiger partial charge in [0, 0.05) is 25.0 Å². The Labute approximate surface area is 118 Å². The number of carboxylic acid groups (broad SMARTS) is 1. The molecular weight excluding hydrogens is 256 g/mol. The molecule has 1 N–H and O–H groups in total. The lowest BCUT2D eigenvalue weighted by Gasteiger charge is -2.38. The molecule has 1 aromatic heterocycles. The van der Waals surface area contributed by atoms with Gasteiger partial charge in [-0.3, -0.25) is 14.6 Å². The molecule has 1 aliphatic rings. The van der Waals surface area contributed by atoms with Crippen LogP contribution in [0.5, 0.6) is 0 Å². The van der Waals surface area contributed by atoms with E-state index < -0.39 is 11.4 Å². The average Bonchev–Trinajstić information content (AvgIpc) is 2.48. The van der Waals surface area contributed by atoms with Crippen molar-refractivity contribution in [3.05, 3.63) is 30.1 Å². The van der Waals surface area contributed by atoms with E-state index in [2.05, 4.69) is 4.98 Å². The minimum absolute atomic E-state index is 0.0267. The maximum Gasteiger partial charge on any atom is 0.309 e. The van der Waals surface area contributed by atoms with Gasteiger partial charge in [0.15, 0.2) is 0 Å². The zero-order valence-electron chi connectivity index (χ0n) is 11.7. The van der Waals surface area contributed by atoms with Crippen LogP contribution >= 0.6 is 0 Å². The zero-order valence-corrected chi connectivity index (χ0v) is 11.7. The lowest BCUT2D eigenvalue weighted by Crippen LogP contribution is -2.46. The number of aromatic nitrogens is 1. The summed E-state index contributed by atoms with van der Waals surface area (Å²) in [6.45, 7) is 2.94. The molecule has 1 amide bonds. The largest absolute Gasteiger partial charge is 0.481 e. The molecule has 1 saturated heterocycles. The number of aliphatic carboxylic acids is 1. The van der Waals surface area contributed by atoms with Gasteiger partial charge in [0.25, 0.3) is 0 Å². The highest BCUT2D eigenvalue weighted by molar-refractivity contribution is 5.79. The fraction of sp³-hybridized carbons (Fsp3) is 0.533. The van der Waals surface area contributed by atoms with Crippen molar-refractivity contribution in [3.63, 3.8) is 0 Å². The van der Waals surface area contributed by atoms with E-state index in [0.717, 1.165) is 5.69 Å². The van der Waals surface area contributed by atoms with Crippen LogP contribution in [0.1, 0.15) is 31.9 Å². The number of nitrogens with zero attached hydrogens (tertiary/aromatic N) is 2. The lowest BCUT2D eigenvalue weighted by molar-refractivity contribution is -0.154. The number of likely N-dealkylation sites (tertiary alicyclic amines) is 1. The summed E-state index contributed by atoms with van der Waals surface area (Å²) in [6, 6.07) is 5.51. The molecule has 2 heterocycles. The molecule has 0 bridgehead atoms. The van der Waals surface area contributed by atoms with Crippen molar-refractivity contribution in [2.24, 2.45) is 5.41 Å². The van der Waals surface area contributed by atoms with E-state index in [1.807, 2.05) is 25.1 Å². The first kappa shape index (κ1) is 14.5. The van der Waals surface area contributed by atoms with Crippen molar-refractivity contribution < 1.29 is 14.7 Å². The molecule has 0 aliphatic carbocycles. The summed E-state index contributed by atoms with van der Waals surface area (Å²) >= 11 is 0. The standard InChI is InChI=1S/C15H20N2O3/c1-2-15(14(19)20)6-9-17(10-7-15)13(18)11-12-5-3-4-8-16-12/h3-5,8H,2,6-7,9-11H2,1H3,(H,19,20). The minimum Gasteiger partial charge on any atom is -0.481 e. The van der Waals surface area contributed by atoms with Crippen molar-refractivity contribution in [1.82, 2.24) is 9.88 Å². The van der Waals surface area contributed by atoms with E-state index >= 15 is 0 Å². The van der Waals surface area contributed by atoms with Crippen LogP contribution in [0.15, 0.2) is 24.4 Å². The van der Waals surface area contributed by atoms with Crippen LogP contribution in [-0.2, 0) is 16.0 Å². The van der Waals surface area contributed by atoms with Gasteiger partial charge < -0.3 is 10.0 Å². The van der Waals surface area contributed by atoms with Gasteiger partial charge in [0.05, 0.1) is 11.8 Å². The fourth-order valence-corrected chi connectivity index (χ4v) is 2.67.